The third-order valence-electron chi connectivity index (χ3n) is 5.72. The van der Waals surface area contributed by atoms with Crippen molar-refractivity contribution in [3.63, 3.8) is 0 Å². The molecule has 0 saturated heterocycles. The molecule has 0 atom stereocenters. The second kappa shape index (κ2) is 12.1. The van der Waals surface area contributed by atoms with Gasteiger partial charge in [0, 0.05) is 11.9 Å². The number of hydrogen-bond donors (Lipinski definition) is 1. The van der Waals surface area contributed by atoms with E-state index in [2.05, 4.69) is 20.5 Å². The van der Waals surface area contributed by atoms with Gasteiger partial charge in [0.15, 0.2) is 22.4 Å². The van der Waals surface area contributed by atoms with Crippen LogP contribution in [0, 0.1) is 5.82 Å². The molecule has 2 aromatic carbocycles. The molecular formula is C27H24FN5O4S2. The molecular weight excluding hydrogens is 541 g/mol. The molecule has 0 aliphatic rings. The number of aromatic nitrogens is 4. The topological polar surface area (TPSA) is 104 Å². The third-order valence-corrected chi connectivity index (χ3v) is 7.69. The summed E-state index contributed by atoms with van der Waals surface area (Å²) >= 11 is 2.81. The van der Waals surface area contributed by atoms with Crippen molar-refractivity contribution in [3.05, 3.63) is 88.3 Å². The van der Waals surface area contributed by atoms with Crippen LogP contribution in [0.1, 0.15) is 21.1 Å². The molecule has 0 spiro atoms. The van der Waals surface area contributed by atoms with Crippen LogP contribution in [0.5, 0.6) is 11.5 Å². The fraction of sp³-hybridized carbons (Fsp3) is 0.185. The number of rotatable bonds is 11. The lowest BCUT2D eigenvalue weighted by Gasteiger charge is -2.10. The number of benzene rings is 2. The highest BCUT2D eigenvalue weighted by atomic mass is 32.2. The number of furan rings is 1. The van der Waals surface area contributed by atoms with Gasteiger partial charge in [0.2, 0.25) is 5.82 Å². The average molecular weight is 566 g/mol. The predicted molar refractivity (Wildman–Crippen MR) is 146 cm³/mol. The number of nitrogens with one attached hydrogen (secondary N) is 1. The second-order valence-corrected chi connectivity index (χ2v) is 10.1. The van der Waals surface area contributed by atoms with Crippen LogP contribution in [0.3, 0.4) is 0 Å². The van der Waals surface area contributed by atoms with Crippen molar-refractivity contribution in [1.82, 2.24) is 25.1 Å². The average Bonchev–Trinajstić information content (AvgIpc) is 3.73. The predicted octanol–water partition coefficient (Wildman–Crippen LogP) is 5.40. The highest BCUT2D eigenvalue weighted by molar-refractivity contribution is 7.98. The zero-order valence-electron chi connectivity index (χ0n) is 21.1. The van der Waals surface area contributed by atoms with Gasteiger partial charge in [0.1, 0.15) is 16.5 Å². The molecule has 0 bridgehead atoms. The first-order valence-corrected chi connectivity index (χ1v) is 13.7. The number of halogens is 1. The van der Waals surface area contributed by atoms with E-state index in [1.54, 1.807) is 54.7 Å². The number of methoxy groups -OCH3 is 2. The van der Waals surface area contributed by atoms with Crippen LogP contribution < -0.4 is 14.8 Å². The Labute approximate surface area is 232 Å². The van der Waals surface area contributed by atoms with Gasteiger partial charge >= 0.3 is 0 Å². The maximum Gasteiger partial charge on any atom is 0.270 e. The number of thioether (sulfide) groups is 1. The van der Waals surface area contributed by atoms with Crippen LogP contribution in [0.2, 0.25) is 0 Å². The van der Waals surface area contributed by atoms with Crippen molar-refractivity contribution in [2.75, 3.05) is 20.8 Å². The summed E-state index contributed by atoms with van der Waals surface area (Å²) in [6.07, 6.45) is 2.19. The summed E-state index contributed by atoms with van der Waals surface area (Å²) in [5, 5.41) is 14.6. The number of hydrogen-bond acceptors (Lipinski definition) is 9. The van der Waals surface area contributed by atoms with E-state index in [1.165, 1.54) is 35.2 Å². The highest BCUT2D eigenvalue weighted by Gasteiger charge is 2.19. The summed E-state index contributed by atoms with van der Waals surface area (Å²) in [5.41, 5.74) is 2.07. The maximum atomic E-state index is 13.5. The van der Waals surface area contributed by atoms with Gasteiger partial charge < -0.3 is 19.2 Å². The van der Waals surface area contributed by atoms with Gasteiger partial charge in [-0.3, -0.25) is 9.36 Å². The number of ether oxygens (including phenoxy) is 2. The van der Waals surface area contributed by atoms with Crippen molar-refractivity contribution in [1.29, 1.82) is 0 Å². The normalized spacial score (nSPS) is 10.9. The Morgan fingerprint density at radius 3 is 2.67 bits per heavy atom. The molecule has 39 heavy (non-hydrogen) atoms. The first kappa shape index (κ1) is 26.4. The Hall–Kier alpha value is -4.16. The van der Waals surface area contributed by atoms with Crippen LogP contribution >= 0.6 is 23.1 Å². The zero-order chi connectivity index (χ0) is 27.2. The minimum Gasteiger partial charge on any atom is -0.493 e. The van der Waals surface area contributed by atoms with Crippen molar-refractivity contribution < 1.29 is 23.1 Å². The Morgan fingerprint density at radius 2 is 1.92 bits per heavy atom. The molecule has 9 nitrogen and oxygen atoms in total. The highest BCUT2D eigenvalue weighted by Crippen LogP contribution is 2.31. The molecule has 5 rings (SSSR count). The van der Waals surface area contributed by atoms with Crippen LogP contribution in [0.4, 0.5) is 4.39 Å². The molecule has 12 heteroatoms. The van der Waals surface area contributed by atoms with Gasteiger partial charge in [0.25, 0.3) is 5.91 Å². The van der Waals surface area contributed by atoms with E-state index in [-0.39, 0.29) is 11.7 Å². The van der Waals surface area contributed by atoms with Gasteiger partial charge in [-0.05, 0) is 60.5 Å². The van der Waals surface area contributed by atoms with Crippen LogP contribution in [0.25, 0.3) is 17.3 Å². The number of carbonyl (C=O) groups excluding carboxylic acids is 1. The maximum absolute atomic E-state index is 13.5. The number of carbonyl (C=O) groups is 1. The number of thiazole rings is 1. The molecule has 5 aromatic rings. The molecule has 1 N–H and O–H groups in total. The summed E-state index contributed by atoms with van der Waals surface area (Å²) in [4.78, 5) is 17.2. The molecule has 0 aliphatic carbocycles. The third kappa shape index (κ3) is 6.13. The minimum atomic E-state index is -0.335. The summed E-state index contributed by atoms with van der Waals surface area (Å²) in [6.45, 7) is 0.451. The van der Waals surface area contributed by atoms with E-state index in [0.717, 1.165) is 10.6 Å². The van der Waals surface area contributed by atoms with E-state index in [9.17, 15) is 9.18 Å². The lowest BCUT2D eigenvalue weighted by Crippen LogP contribution is -2.26. The summed E-state index contributed by atoms with van der Waals surface area (Å²) in [7, 11) is 3.18. The molecule has 0 saturated carbocycles. The van der Waals surface area contributed by atoms with Gasteiger partial charge in [-0.2, -0.15) is 0 Å². The van der Waals surface area contributed by atoms with E-state index >= 15 is 0 Å². The molecule has 200 valence electrons. The first-order valence-electron chi connectivity index (χ1n) is 11.9. The molecule has 0 radical (unpaired) electrons. The zero-order valence-corrected chi connectivity index (χ0v) is 22.7. The first-order chi connectivity index (χ1) is 19.1. The summed E-state index contributed by atoms with van der Waals surface area (Å²) in [5.74, 6) is 2.25. The number of nitrogens with zero attached hydrogens (tertiary/aromatic N) is 4. The van der Waals surface area contributed by atoms with E-state index in [1.807, 2.05) is 18.2 Å². The van der Waals surface area contributed by atoms with E-state index in [4.69, 9.17) is 13.9 Å². The Bertz CT molecular complexity index is 1550. The molecule has 0 fully saturated rings. The van der Waals surface area contributed by atoms with E-state index in [0.29, 0.717) is 58.3 Å². The number of amides is 1. The van der Waals surface area contributed by atoms with Gasteiger partial charge in [-0.1, -0.05) is 17.8 Å². The smallest absolute Gasteiger partial charge is 0.270 e. The van der Waals surface area contributed by atoms with Crippen molar-refractivity contribution in [3.8, 4) is 28.8 Å². The fourth-order valence-corrected chi connectivity index (χ4v) is 5.55. The van der Waals surface area contributed by atoms with Crippen LogP contribution in [-0.2, 0) is 12.2 Å². The summed E-state index contributed by atoms with van der Waals surface area (Å²) in [6, 6.07) is 15.3. The molecule has 0 unspecified atom stereocenters. The minimum absolute atomic E-state index is 0.238. The Balaban J connectivity index is 1.22. The van der Waals surface area contributed by atoms with Crippen molar-refractivity contribution in [2.45, 2.75) is 17.3 Å². The Kier molecular flexibility index (Phi) is 8.23. The summed E-state index contributed by atoms with van der Waals surface area (Å²) < 4.78 is 31.5. The monoisotopic (exact) mass is 565 g/mol. The standard InChI is InChI=1S/C27H24FN5O4S2/c1-35-21-10-5-17(14-23(21)36-2)11-12-29-26(34)20-15-38-24(30-20)16-39-27-32-31-25(22-4-3-13-37-22)33(27)19-8-6-18(28)7-9-19/h3-10,13-15H,11-12,16H2,1-2H3,(H,29,34). The molecule has 3 heterocycles. The van der Waals surface area contributed by atoms with Crippen molar-refractivity contribution >= 4 is 29.0 Å². The SMILES string of the molecule is COc1ccc(CCNC(=O)c2csc(CSc3nnc(-c4ccco4)n3-c3ccc(F)cc3)n2)cc1OC. The molecule has 3 aromatic heterocycles. The largest absolute Gasteiger partial charge is 0.493 e. The fourth-order valence-electron chi connectivity index (χ4n) is 3.81. The van der Waals surface area contributed by atoms with Gasteiger partial charge in [-0.25, -0.2) is 9.37 Å². The van der Waals surface area contributed by atoms with Crippen molar-refractivity contribution in [2.24, 2.45) is 0 Å². The second-order valence-electron chi connectivity index (χ2n) is 8.21. The lowest BCUT2D eigenvalue weighted by atomic mass is 10.1. The lowest BCUT2D eigenvalue weighted by molar-refractivity contribution is 0.0949. The molecule has 0 aliphatic heterocycles. The van der Waals surface area contributed by atoms with Gasteiger partial charge in [-0.15, -0.1) is 21.5 Å². The van der Waals surface area contributed by atoms with E-state index < -0.39 is 0 Å². The van der Waals surface area contributed by atoms with Gasteiger partial charge in [0.05, 0.1) is 31.9 Å². The van der Waals surface area contributed by atoms with Crippen LogP contribution in [0.15, 0.2) is 75.8 Å². The van der Waals surface area contributed by atoms with Crippen LogP contribution in [-0.4, -0.2) is 46.4 Å². The quantitative estimate of drug-likeness (QED) is 0.212. The molecule has 1 amide bonds. The Morgan fingerprint density at radius 1 is 1.10 bits per heavy atom.